The molecule has 1 fully saturated rings. The standard InChI is InChI=1S/C17H19FN6O/c1-17(18)5-2-3-14(17)22-15-11(16(19)25)8-21-24-9-10(7-13(15)24)12-4-6-20-23-12/h4,6-9,14,22H,2-3,5H2,1H3,(H2,19,25)(H,20,23). The van der Waals surface area contributed by atoms with Crippen molar-refractivity contribution in [2.75, 3.05) is 5.32 Å². The van der Waals surface area contributed by atoms with Gasteiger partial charge in [-0.1, -0.05) is 0 Å². The molecule has 0 aromatic carbocycles. The van der Waals surface area contributed by atoms with Crippen LogP contribution in [0.5, 0.6) is 0 Å². The summed E-state index contributed by atoms with van der Waals surface area (Å²) in [4.78, 5) is 11.9. The molecule has 3 aromatic heterocycles. The summed E-state index contributed by atoms with van der Waals surface area (Å²) in [5.41, 5.74) is 7.32. The molecule has 7 nitrogen and oxygen atoms in total. The smallest absolute Gasteiger partial charge is 0.252 e. The van der Waals surface area contributed by atoms with Crippen LogP contribution in [0, 0.1) is 0 Å². The first-order valence-corrected chi connectivity index (χ1v) is 8.22. The maximum absolute atomic E-state index is 14.7. The van der Waals surface area contributed by atoms with Gasteiger partial charge < -0.3 is 11.1 Å². The Balaban J connectivity index is 1.84. The number of nitrogens with one attached hydrogen (secondary N) is 2. The number of amides is 1. The van der Waals surface area contributed by atoms with Crippen LogP contribution in [0.25, 0.3) is 16.8 Å². The van der Waals surface area contributed by atoms with E-state index < -0.39 is 11.6 Å². The normalized spacial score (nSPS) is 23.2. The molecule has 4 rings (SSSR count). The van der Waals surface area contributed by atoms with Gasteiger partial charge in [0.05, 0.1) is 34.7 Å². The fourth-order valence-corrected chi connectivity index (χ4v) is 3.48. The van der Waals surface area contributed by atoms with Gasteiger partial charge in [0.15, 0.2) is 0 Å². The lowest BCUT2D eigenvalue weighted by atomic mass is 10.0. The van der Waals surface area contributed by atoms with E-state index in [2.05, 4.69) is 20.6 Å². The summed E-state index contributed by atoms with van der Waals surface area (Å²) >= 11 is 0. The van der Waals surface area contributed by atoms with Gasteiger partial charge >= 0.3 is 0 Å². The first-order chi connectivity index (χ1) is 12.0. The summed E-state index contributed by atoms with van der Waals surface area (Å²) in [6, 6.07) is 3.34. The number of nitrogens with two attached hydrogens (primary N) is 1. The summed E-state index contributed by atoms with van der Waals surface area (Å²) < 4.78 is 16.4. The zero-order chi connectivity index (χ0) is 17.6. The number of hydrogen-bond donors (Lipinski definition) is 3. The minimum atomic E-state index is -1.33. The number of halogens is 1. The quantitative estimate of drug-likeness (QED) is 0.678. The van der Waals surface area contributed by atoms with Gasteiger partial charge in [-0.2, -0.15) is 10.2 Å². The highest BCUT2D eigenvalue weighted by Gasteiger charge is 2.39. The van der Waals surface area contributed by atoms with Gasteiger partial charge in [-0.3, -0.25) is 9.89 Å². The molecule has 0 spiro atoms. The van der Waals surface area contributed by atoms with Crippen molar-refractivity contribution in [2.45, 2.75) is 37.9 Å². The molecule has 8 heteroatoms. The van der Waals surface area contributed by atoms with Crippen LogP contribution in [0.1, 0.15) is 36.5 Å². The number of aromatic amines is 1. The Labute approximate surface area is 143 Å². The van der Waals surface area contributed by atoms with E-state index in [4.69, 9.17) is 5.73 Å². The lowest BCUT2D eigenvalue weighted by molar-refractivity contribution is 0.1000. The molecule has 1 amide bonds. The second-order valence-corrected chi connectivity index (χ2v) is 6.69. The van der Waals surface area contributed by atoms with Crippen molar-refractivity contribution in [1.29, 1.82) is 0 Å². The SMILES string of the molecule is CC1(F)CCCC1Nc1c(C(N)=O)cnn2cc(-c3ccn[nH]3)cc12. The van der Waals surface area contributed by atoms with Crippen molar-refractivity contribution < 1.29 is 9.18 Å². The molecular formula is C17H19FN6O. The molecule has 1 aliphatic rings. The van der Waals surface area contributed by atoms with E-state index in [1.54, 1.807) is 17.6 Å². The summed E-state index contributed by atoms with van der Waals surface area (Å²) in [7, 11) is 0. The molecule has 3 heterocycles. The van der Waals surface area contributed by atoms with E-state index >= 15 is 0 Å². The highest BCUT2D eigenvalue weighted by Crippen LogP contribution is 2.37. The molecule has 2 unspecified atom stereocenters. The molecule has 1 saturated carbocycles. The molecule has 130 valence electrons. The number of carbonyl (C=O) groups excluding carboxylic acids is 1. The summed E-state index contributed by atoms with van der Waals surface area (Å²) in [5.74, 6) is -0.597. The third-order valence-electron chi connectivity index (χ3n) is 4.92. The van der Waals surface area contributed by atoms with Crippen LogP contribution in [-0.2, 0) is 0 Å². The van der Waals surface area contributed by atoms with Crippen molar-refractivity contribution in [3.63, 3.8) is 0 Å². The lowest BCUT2D eigenvalue weighted by Crippen LogP contribution is -2.36. The first-order valence-electron chi connectivity index (χ1n) is 8.22. The van der Waals surface area contributed by atoms with E-state index in [0.717, 1.165) is 17.7 Å². The van der Waals surface area contributed by atoms with E-state index in [1.165, 1.54) is 6.20 Å². The van der Waals surface area contributed by atoms with Crippen LogP contribution in [-0.4, -0.2) is 37.4 Å². The highest BCUT2D eigenvalue weighted by atomic mass is 19.1. The fraction of sp³-hybridized carbons (Fsp3) is 0.353. The molecule has 0 radical (unpaired) electrons. The number of anilines is 1. The molecule has 0 bridgehead atoms. The van der Waals surface area contributed by atoms with Crippen LogP contribution in [0.3, 0.4) is 0 Å². The number of hydrogen-bond acceptors (Lipinski definition) is 4. The summed E-state index contributed by atoms with van der Waals surface area (Å²) in [5, 5.41) is 14.3. The summed E-state index contributed by atoms with van der Waals surface area (Å²) in [6.45, 7) is 1.59. The molecule has 3 aromatic rings. The zero-order valence-electron chi connectivity index (χ0n) is 13.8. The molecular weight excluding hydrogens is 323 g/mol. The van der Waals surface area contributed by atoms with Gasteiger partial charge in [0.1, 0.15) is 5.67 Å². The number of fused-ring (bicyclic) bond motifs is 1. The molecule has 0 saturated heterocycles. The number of alkyl halides is 1. The van der Waals surface area contributed by atoms with Crippen molar-refractivity contribution in [3.8, 4) is 11.3 Å². The number of primary amides is 1. The van der Waals surface area contributed by atoms with Crippen molar-refractivity contribution in [2.24, 2.45) is 5.73 Å². The van der Waals surface area contributed by atoms with Crippen molar-refractivity contribution >= 4 is 17.1 Å². The second-order valence-electron chi connectivity index (χ2n) is 6.69. The van der Waals surface area contributed by atoms with Crippen LogP contribution in [0.15, 0.2) is 30.7 Å². The Morgan fingerprint density at radius 2 is 2.40 bits per heavy atom. The Bertz CT molecular complexity index is 930. The Morgan fingerprint density at radius 1 is 1.56 bits per heavy atom. The number of H-pyrrole nitrogens is 1. The maximum Gasteiger partial charge on any atom is 0.252 e. The molecule has 0 aliphatic heterocycles. The van der Waals surface area contributed by atoms with Crippen molar-refractivity contribution in [1.82, 2.24) is 19.8 Å². The minimum Gasteiger partial charge on any atom is -0.377 e. The minimum absolute atomic E-state index is 0.254. The maximum atomic E-state index is 14.7. The second kappa shape index (κ2) is 5.58. The zero-order valence-corrected chi connectivity index (χ0v) is 13.8. The lowest BCUT2D eigenvalue weighted by Gasteiger charge is -2.26. The third-order valence-corrected chi connectivity index (χ3v) is 4.92. The average Bonchev–Trinajstić information content (AvgIpc) is 3.27. The van der Waals surface area contributed by atoms with E-state index in [1.807, 2.05) is 18.3 Å². The van der Waals surface area contributed by atoms with Gasteiger partial charge in [-0.05, 0) is 38.3 Å². The van der Waals surface area contributed by atoms with Gasteiger partial charge in [0.25, 0.3) is 5.91 Å². The monoisotopic (exact) mass is 342 g/mol. The third kappa shape index (κ3) is 2.63. The predicted octanol–water partition coefficient (Wildman–Crippen LogP) is 2.52. The van der Waals surface area contributed by atoms with Gasteiger partial charge in [0, 0.05) is 18.0 Å². The Morgan fingerprint density at radius 3 is 3.04 bits per heavy atom. The van der Waals surface area contributed by atoms with Crippen LogP contribution >= 0.6 is 0 Å². The largest absolute Gasteiger partial charge is 0.377 e. The van der Waals surface area contributed by atoms with E-state index in [0.29, 0.717) is 24.0 Å². The predicted molar refractivity (Wildman–Crippen MR) is 92.1 cm³/mol. The van der Waals surface area contributed by atoms with Crippen LogP contribution < -0.4 is 11.1 Å². The molecule has 4 N–H and O–H groups in total. The summed E-state index contributed by atoms with van der Waals surface area (Å²) in [6.07, 6.45) is 6.90. The number of carbonyl (C=O) groups is 1. The van der Waals surface area contributed by atoms with E-state index in [-0.39, 0.29) is 11.6 Å². The number of aromatic nitrogens is 4. The first kappa shape index (κ1) is 15.6. The van der Waals surface area contributed by atoms with Crippen LogP contribution in [0.4, 0.5) is 10.1 Å². The van der Waals surface area contributed by atoms with Crippen LogP contribution in [0.2, 0.25) is 0 Å². The van der Waals surface area contributed by atoms with Crippen molar-refractivity contribution in [3.05, 3.63) is 36.3 Å². The molecule has 2 atom stereocenters. The number of rotatable bonds is 4. The molecule has 25 heavy (non-hydrogen) atoms. The number of nitrogens with zero attached hydrogens (tertiary/aromatic N) is 3. The Kier molecular flexibility index (Phi) is 3.48. The Hall–Kier alpha value is -2.90. The topological polar surface area (TPSA) is 101 Å². The van der Waals surface area contributed by atoms with Gasteiger partial charge in [-0.25, -0.2) is 8.91 Å². The average molecular weight is 342 g/mol. The molecule has 1 aliphatic carbocycles. The highest BCUT2D eigenvalue weighted by molar-refractivity contribution is 6.02. The fourth-order valence-electron chi connectivity index (χ4n) is 3.48. The van der Waals surface area contributed by atoms with Gasteiger partial charge in [-0.15, -0.1) is 0 Å². The van der Waals surface area contributed by atoms with Gasteiger partial charge in [0.2, 0.25) is 0 Å². The van der Waals surface area contributed by atoms with E-state index in [9.17, 15) is 9.18 Å².